The molecule has 0 bridgehead atoms. The first kappa shape index (κ1) is 16.5. The summed E-state index contributed by atoms with van der Waals surface area (Å²) in [5.41, 5.74) is 2.69. The van der Waals surface area contributed by atoms with Gasteiger partial charge < -0.3 is 5.32 Å². The fraction of sp³-hybridized carbons (Fsp3) is 0.647. The molecular formula is C17H27NO2S. The number of rotatable bonds is 7. The lowest BCUT2D eigenvalue weighted by molar-refractivity contribution is 0.409. The van der Waals surface area contributed by atoms with E-state index in [0.717, 1.165) is 32.2 Å². The largest absolute Gasteiger partial charge is 0.314 e. The van der Waals surface area contributed by atoms with E-state index in [2.05, 4.69) is 43.4 Å². The predicted octanol–water partition coefficient (Wildman–Crippen LogP) is 2.59. The molecule has 0 aliphatic carbocycles. The highest BCUT2D eigenvalue weighted by atomic mass is 32.2. The molecule has 1 aliphatic rings. The molecular weight excluding hydrogens is 282 g/mol. The predicted molar refractivity (Wildman–Crippen MR) is 88.4 cm³/mol. The molecule has 0 saturated carbocycles. The molecule has 2 rings (SSSR count). The number of sulfone groups is 1. The zero-order valence-electron chi connectivity index (χ0n) is 13.1. The van der Waals surface area contributed by atoms with Crippen LogP contribution in [-0.2, 0) is 22.7 Å². The van der Waals surface area contributed by atoms with Gasteiger partial charge in [0.1, 0.15) is 0 Å². The van der Waals surface area contributed by atoms with Gasteiger partial charge in [-0.05, 0) is 49.3 Å². The number of aryl methyl sites for hydroxylation is 1. The molecule has 2 unspecified atom stereocenters. The summed E-state index contributed by atoms with van der Waals surface area (Å²) in [6, 6.07) is 9.17. The molecule has 4 heteroatoms. The van der Waals surface area contributed by atoms with Crippen LogP contribution in [0.2, 0.25) is 0 Å². The van der Waals surface area contributed by atoms with Gasteiger partial charge in [-0.3, -0.25) is 0 Å². The average Bonchev–Trinajstić information content (AvgIpc) is 2.79. The first-order chi connectivity index (χ1) is 10.0. The van der Waals surface area contributed by atoms with Gasteiger partial charge in [-0.2, -0.15) is 0 Å². The van der Waals surface area contributed by atoms with E-state index >= 15 is 0 Å². The molecule has 0 aromatic heterocycles. The van der Waals surface area contributed by atoms with Gasteiger partial charge in [0.25, 0.3) is 0 Å². The Bertz CT molecular complexity index is 536. The number of nitrogens with one attached hydrogen (secondary N) is 1. The van der Waals surface area contributed by atoms with Gasteiger partial charge in [-0.15, -0.1) is 0 Å². The van der Waals surface area contributed by atoms with E-state index in [1.807, 2.05) is 0 Å². The number of benzene rings is 1. The summed E-state index contributed by atoms with van der Waals surface area (Å²) >= 11 is 0. The maximum atomic E-state index is 11.6. The lowest BCUT2D eigenvalue weighted by Crippen LogP contribution is -2.33. The molecule has 3 nitrogen and oxygen atoms in total. The monoisotopic (exact) mass is 309 g/mol. The Labute approximate surface area is 129 Å². The van der Waals surface area contributed by atoms with Crippen molar-refractivity contribution in [3.05, 3.63) is 35.4 Å². The van der Waals surface area contributed by atoms with Crippen molar-refractivity contribution < 1.29 is 8.42 Å². The van der Waals surface area contributed by atoms with Crippen molar-refractivity contribution in [1.29, 1.82) is 0 Å². The topological polar surface area (TPSA) is 46.2 Å². The maximum Gasteiger partial charge on any atom is 0.150 e. The van der Waals surface area contributed by atoms with Crippen molar-refractivity contribution in [2.75, 3.05) is 18.1 Å². The van der Waals surface area contributed by atoms with E-state index in [0.29, 0.717) is 23.5 Å². The first-order valence-corrected chi connectivity index (χ1v) is 9.86. The third kappa shape index (κ3) is 5.11. The quantitative estimate of drug-likeness (QED) is 0.842. The molecule has 2 atom stereocenters. The summed E-state index contributed by atoms with van der Waals surface area (Å²) in [7, 11) is -2.77. The molecule has 21 heavy (non-hydrogen) atoms. The van der Waals surface area contributed by atoms with Gasteiger partial charge in [-0.1, -0.05) is 38.1 Å². The molecule has 118 valence electrons. The molecule has 0 radical (unpaired) electrons. The molecule has 1 heterocycles. The normalized spacial score (nSPS) is 22.3. The highest BCUT2D eigenvalue weighted by molar-refractivity contribution is 7.91. The van der Waals surface area contributed by atoms with Crippen molar-refractivity contribution in [3.8, 4) is 0 Å². The number of hydrogen-bond donors (Lipinski definition) is 1. The van der Waals surface area contributed by atoms with Crippen molar-refractivity contribution in [2.24, 2.45) is 5.92 Å². The Morgan fingerprint density at radius 3 is 2.38 bits per heavy atom. The third-order valence-electron chi connectivity index (χ3n) is 4.35. The third-order valence-corrected chi connectivity index (χ3v) is 6.19. The molecule has 1 fully saturated rings. The van der Waals surface area contributed by atoms with E-state index in [9.17, 15) is 8.42 Å². The summed E-state index contributed by atoms with van der Waals surface area (Å²) in [6.45, 7) is 5.20. The Kier molecular flexibility index (Phi) is 5.82. The first-order valence-electron chi connectivity index (χ1n) is 8.04. The van der Waals surface area contributed by atoms with Crippen LogP contribution in [0.4, 0.5) is 0 Å². The minimum atomic E-state index is -2.77. The van der Waals surface area contributed by atoms with Crippen LogP contribution in [0.5, 0.6) is 0 Å². The summed E-state index contributed by atoms with van der Waals surface area (Å²) < 4.78 is 23.2. The Balaban J connectivity index is 1.95. The molecule has 1 aromatic rings. The SMILES string of the molecule is CCNC(Cc1ccc(CC)cc1)CC1CCS(=O)(=O)C1. The van der Waals surface area contributed by atoms with Crippen molar-refractivity contribution >= 4 is 9.84 Å². The van der Waals surface area contributed by atoms with Gasteiger partial charge >= 0.3 is 0 Å². The van der Waals surface area contributed by atoms with Crippen LogP contribution in [0, 0.1) is 5.92 Å². The smallest absolute Gasteiger partial charge is 0.150 e. The lowest BCUT2D eigenvalue weighted by atomic mass is 9.94. The van der Waals surface area contributed by atoms with Crippen LogP contribution in [-0.4, -0.2) is 32.5 Å². The zero-order chi connectivity index (χ0) is 15.3. The maximum absolute atomic E-state index is 11.6. The van der Waals surface area contributed by atoms with Gasteiger partial charge in [0.05, 0.1) is 11.5 Å². The Hall–Kier alpha value is -0.870. The second kappa shape index (κ2) is 7.41. The second-order valence-corrected chi connectivity index (χ2v) is 8.36. The Morgan fingerprint density at radius 1 is 1.19 bits per heavy atom. The minimum Gasteiger partial charge on any atom is -0.314 e. The fourth-order valence-electron chi connectivity index (χ4n) is 3.18. The van der Waals surface area contributed by atoms with Gasteiger partial charge in [0.15, 0.2) is 9.84 Å². The standard InChI is InChI=1S/C17H27NO2S/c1-3-14-5-7-15(8-6-14)11-17(18-4-2)12-16-9-10-21(19,20)13-16/h5-8,16-18H,3-4,9-13H2,1-2H3. The lowest BCUT2D eigenvalue weighted by Gasteiger charge is -2.21. The summed E-state index contributed by atoms with van der Waals surface area (Å²) in [6.07, 6.45) is 3.84. The number of likely N-dealkylation sites (N-methyl/N-ethyl adjacent to an activating group) is 1. The second-order valence-electron chi connectivity index (χ2n) is 6.13. The Morgan fingerprint density at radius 2 is 1.86 bits per heavy atom. The van der Waals surface area contributed by atoms with Crippen molar-refractivity contribution in [1.82, 2.24) is 5.32 Å². The van der Waals surface area contributed by atoms with Gasteiger partial charge in [0, 0.05) is 6.04 Å². The molecule has 0 amide bonds. The van der Waals surface area contributed by atoms with E-state index in [-0.39, 0.29) is 0 Å². The van der Waals surface area contributed by atoms with Crippen LogP contribution in [0.3, 0.4) is 0 Å². The number of hydrogen-bond acceptors (Lipinski definition) is 3. The van der Waals surface area contributed by atoms with Crippen LogP contribution in [0.25, 0.3) is 0 Å². The van der Waals surface area contributed by atoms with Crippen LogP contribution >= 0.6 is 0 Å². The van der Waals surface area contributed by atoms with Crippen LogP contribution in [0.1, 0.15) is 37.8 Å². The van der Waals surface area contributed by atoms with Crippen molar-refractivity contribution in [2.45, 2.75) is 45.6 Å². The molecule has 1 N–H and O–H groups in total. The van der Waals surface area contributed by atoms with E-state index in [4.69, 9.17) is 0 Å². The van der Waals surface area contributed by atoms with Gasteiger partial charge in [0.2, 0.25) is 0 Å². The molecule has 1 saturated heterocycles. The van der Waals surface area contributed by atoms with E-state index < -0.39 is 9.84 Å². The molecule has 0 spiro atoms. The highest BCUT2D eigenvalue weighted by Crippen LogP contribution is 2.24. The minimum absolute atomic E-state index is 0.328. The molecule has 1 aromatic carbocycles. The van der Waals surface area contributed by atoms with Crippen molar-refractivity contribution in [3.63, 3.8) is 0 Å². The highest BCUT2D eigenvalue weighted by Gasteiger charge is 2.29. The average molecular weight is 309 g/mol. The summed E-state index contributed by atoms with van der Waals surface area (Å²) in [5.74, 6) is 1.08. The van der Waals surface area contributed by atoms with Gasteiger partial charge in [-0.25, -0.2) is 8.42 Å². The van der Waals surface area contributed by atoms with Crippen LogP contribution < -0.4 is 5.32 Å². The molecule has 1 aliphatic heterocycles. The summed E-state index contributed by atoms with van der Waals surface area (Å²) in [4.78, 5) is 0. The zero-order valence-corrected chi connectivity index (χ0v) is 14.0. The fourth-order valence-corrected chi connectivity index (χ4v) is 5.06. The van der Waals surface area contributed by atoms with Crippen LogP contribution in [0.15, 0.2) is 24.3 Å². The summed E-state index contributed by atoms with van der Waals surface area (Å²) in [5, 5.41) is 3.52. The van der Waals surface area contributed by atoms with E-state index in [1.165, 1.54) is 11.1 Å². The van der Waals surface area contributed by atoms with E-state index in [1.54, 1.807) is 0 Å².